The molecule has 0 aromatic rings. The molecular weight excluding hydrogens is 220 g/mol. The highest BCUT2D eigenvalue weighted by molar-refractivity contribution is 4.95. The van der Waals surface area contributed by atoms with Crippen LogP contribution in [0.15, 0.2) is 0 Å². The summed E-state index contributed by atoms with van der Waals surface area (Å²) >= 11 is 0. The maximum Gasteiger partial charge on any atom is 0.0672 e. The van der Waals surface area contributed by atoms with Crippen LogP contribution < -0.4 is 5.32 Å². The van der Waals surface area contributed by atoms with Crippen LogP contribution in [0.4, 0.5) is 0 Å². The minimum Gasteiger partial charge on any atom is -0.310 e. The largest absolute Gasteiger partial charge is 0.310 e. The molecule has 0 saturated heterocycles. The monoisotopic (exact) mass is 248 g/mol. The summed E-state index contributed by atoms with van der Waals surface area (Å²) < 4.78 is 0. The van der Waals surface area contributed by atoms with Gasteiger partial charge in [0, 0.05) is 12.1 Å². The van der Waals surface area contributed by atoms with Crippen molar-refractivity contribution in [1.82, 2.24) is 5.32 Å². The standard InChI is InChI=1S/C16H28N2/c1-13-6-5-8-15(11-10-13)18-16-9-4-2-3-7-14(16)12-17/h13-16,18H,2-11H2,1H3. The fraction of sp³-hybridized carbons (Fsp3) is 0.938. The van der Waals surface area contributed by atoms with Crippen LogP contribution in [0.1, 0.15) is 71.1 Å². The van der Waals surface area contributed by atoms with Gasteiger partial charge < -0.3 is 5.32 Å². The van der Waals surface area contributed by atoms with Gasteiger partial charge >= 0.3 is 0 Å². The zero-order valence-electron chi connectivity index (χ0n) is 11.8. The molecule has 2 heteroatoms. The number of nitriles is 1. The minimum absolute atomic E-state index is 0.258. The summed E-state index contributed by atoms with van der Waals surface area (Å²) in [4.78, 5) is 0. The molecule has 4 atom stereocenters. The van der Waals surface area contributed by atoms with Crippen LogP contribution >= 0.6 is 0 Å². The normalized spacial score (nSPS) is 38.4. The minimum atomic E-state index is 0.258. The molecule has 2 saturated carbocycles. The lowest BCUT2D eigenvalue weighted by atomic mass is 9.94. The zero-order valence-corrected chi connectivity index (χ0v) is 11.8. The van der Waals surface area contributed by atoms with Crippen LogP contribution in [-0.4, -0.2) is 12.1 Å². The van der Waals surface area contributed by atoms with Gasteiger partial charge in [0.2, 0.25) is 0 Å². The molecule has 0 heterocycles. The third-order valence-electron chi connectivity index (χ3n) is 4.89. The van der Waals surface area contributed by atoms with E-state index in [1.165, 1.54) is 57.8 Å². The van der Waals surface area contributed by atoms with E-state index < -0.39 is 0 Å². The lowest BCUT2D eigenvalue weighted by Crippen LogP contribution is -2.42. The first-order valence-electron chi connectivity index (χ1n) is 7.95. The maximum atomic E-state index is 9.32. The first kappa shape index (κ1) is 13.9. The average molecular weight is 248 g/mol. The summed E-state index contributed by atoms with van der Waals surface area (Å²) in [5, 5.41) is 13.2. The van der Waals surface area contributed by atoms with Gasteiger partial charge in [0.25, 0.3) is 0 Å². The number of nitrogens with one attached hydrogen (secondary N) is 1. The van der Waals surface area contributed by atoms with Crippen molar-refractivity contribution in [2.75, 3.05) is 0 Å². The molecule has 0 amide bonds. The van der Waals surface area contributed by atoms with Gasteiger partial charge in [0.1, 0.15) is 0 Å². The van der Waals surface area contributed by atoms with Crippen molar-refractivity contribution >= 4 is 0 Å². The highest BCUT2D eigenvalue weighted by Gasteiger charge is 2.26. The first-order chi connectivity index (χ1) is 8.79. The summed E-state index contributed by atoms with van der Waals surface area (Å²) in [6.07, 6.45) is 12.9. The van der Waals surface area contributed by atoms with Crippen molar-refractivity contribution in [3.05, 3.63) is 0 Å². The van der Waals surface area contributed by atoms with Crippen LogP contribution in [0.3, 0.4) is 0 Å². The van der Waals surface area contributed by atoms with E-state index >= 15 is 0 Å². The molecule has 0 radical (unpaired) electrons. The Balaban J connectivity index is 1.87. The summed E-state index contributed by atoms with van der Waals surface area (Å²) in [6.45, 7) is 2.38. The highest BCUT2D eigenvalue weighted by Crippen LogP contribution is 2.27. The van der Waals surface area contributed by atoms with Gasteiger partial charge in [-0.15, -0.1) is 0 Å². The van der Waals surface area contributed by atoms with Gasteiger partial charge in [-0.05, 0) is 38.0 Å². The number of rotatable bonds is 2. The third-order valence-corrected chi connectivity index (χ3v) is 4.89. The van der Waals surface area contributed by atoms with Gasteiger partial charge in [-0.3, -0.25) is 0 Å². The zero-order chi connectivity index (χ0) is 12.8. The third kappa shape index (κ3) is 3.99. The van der Waals surface area contributed by atoms with E-state index in [4.69, 9.17) is 0 Å². The average Bonchev–Trinajstić information content (AvgIpc) is 2.71. The van der Waals surface area contributed by atoms with E-state index in [0.29, 0.717) is 12.1 Å². The summed E-state index contributed by atoms with van der Waals surface area (Å²) in [5.41, 5.74) is 0. The Bertz CT molecular complexity index is 281. The first-order valence-corrected chi connectivity index (χ1v) is 7.95. The highest BCUT2D eigenvalue weighted by atomic mass is 15.0. The van der Waals surface area contributed by atoms with Gasteiger partial charge in [-0.1, -0.05) is 39.0 Å². The van der Waals surface area contributed by atoms with Crippen LogP contribution in [0.2, 0.25) is 0 Å². The molecule has 2 fully saturated rings. The van der Waals surface area contributed by atoms with Crippen LogP contribution in [0.5, 0.6) is 0 Å². The van der Waals surface area contributed by atoms with Gasteiger partial charge in [-0.25, -0.2) is 0 Å². The van der Waals surface area contributed by atoms with Crippen molar-refractivity contribution in [3.8, 4) is 6.07 Å². The predicted octanol–water partition coefficient (Wildman–Crippen LogP) is 4.02. The molecule has 18 heavy (non-hydrogen) atoms. The molecule has 0 spiro atoms. The molecule has 4 unspecified atom stereocenters. The smallest absolute Gasteiger partial charge is 0.0672 e. The Morgan fingerprint density at radius 3 is 2.56 bits per heavy atom. The second kappa shape index (κ2) is 7.14. The summed E-state index contributed by atoms with van der Waals surface area (Å²) in [6, 6.07) is 3.69. The molecule has 2 aliphatic rings. The molecular formula is C16H28N2. The SMILES string of the molecule is CC1CCCC(NC2CCCCCC2C#N)CC1. The Labute approximate surface area is 112 Å². The van der Waals surface area contributed by atoms with Crippen molar-refractivity contribution in [1.29, 1.82) is 5.26 Å². The number of hydrogen-bond donors (Lipinski definition) is 1. The fourth-order valence-corrected chi connectivity index (χ4v) is 3.62. The molecule has 2 aliphatic carbocycles. The van der Waals surface area contributed by atoms with Crippen molar-refractivity contribution < 1.29 is 0 Å². The number of nitrogens with zero attached hydrogens (tertiary/aromatic N) is 1. The quantitative estimate of drug-likeness (QED) is 0.749. The lowest BCUT2D eigenvalue weighted by molar-refractivity contribution is 0.327. The Hall–Kier alpha value is -0.550. The lowest BCUT2D eigenvalue weighted by Gasteiger charge is -2.27. The maximum absolute atomic E-state index is 9.32. The van der Waals surface area contributed by atoms with E-state index in [9.17, 15) is 5.26 Å². The summed E-state index contributed by atoms with van der Waals surface area (Å²) in [5.74, 6) is 1.16. The fourth-order valence-electron chi connectivity index (χ4n) is 3.62. The van der Waals surface area contributed by atoms with E-state index in [0.717, 1.165) is 12.3 Å². The van der Waals surface area contributed by atoms with Gasteiger partial charge in [-0.2, -0.15) is 5.26 Å². The van der Waals surface area contributed by atoms with Crippen LogP contribution in [0.25, 0.3) is 0 Å². The Kier molecular flexibility index (Phi) is 5.50. The summed E-state index contributed by atoms with van der Waals surface area (Å²) in [7, 11) is 0. The number of hydrogen-bond acceptors (Lipinski definition) is 2. The van der Waals surface area contributed by atoms with E-state index in [2.05, 4.69) is 18.3 Å². The van der Waals surface area contributed by atoms with E-state index in [-0.39, 0.29) is 5.92 Å². The van der Waals surface area contributed by atoms with E-state index in [1.807, 2.05) is 0 Å². The van der Waals surface area contributed by atoms with Gasteiger partial charge in [0.05, 0.1) is 12.0 Å². The Morgan fingerprint density at radius 1 is 0.889 bits per heavy atom. The molecule has 0 aromatic heterocycles. The molecule has 0 aliphatic heterocycles. The van der Waals surface area contributed by atoms with E-state index in [1.54, 1.807) is 0 Å². The van der Waals surface area contributed by atoms with Crippen LogP contribution in [-0.2, 0) is 0 Å². The molecule has 0 bridgehead atoms. The van der Waals surface area contributed by atoms with Crippen molar-refractivity contribution in [2.45, 2.75) is 83.2 Å². The van der Waals surface area contributed by atoms with Crippen LogP contribution in [0, 0.1) is 23.2 Å². The second-order valence-electron chi connectivity index (χ2n) is 6.46. The van der Waals surface area contributed by atoms with Crippen molar-refractivity contribution in [3.63, 3.8) is 0 Å². The predicted molar refractivity (Wildman–Crippen MR) is 75.1 cm³/mol. The van der Waals surface area contributed by atoms with Gasteiger partial charge in [0.15, 0.2) is 0 Å². The topological polar surface area (TPSA) is 35.8 Å². The van der Waals surface area contributed by atoms with Crippen molar-refractivity contribution in [2.24, 2.45) is 11.8 Å². The Morgan fingerprint density at radius 2 is 1.72 bits per heavy atom. The molecule has 2 rings (SSSR count). The molecule has 2 nitrogen and oxygen atoms in total. The molecule has 102 valence electrons. The molecule has 0 aromatic carbocycles. The molecule has 1 N–H and O–H groups in total. The second-order valence-corrected chi connectivity index (χ2v) is 6.46.